The zero-order valence-corrected chi connectivity index (χ0v) is 17.1. The molecule has 2 aromatic heterocycles. The van der Waals surface area contributed by atoms with Crippen molar-refractivity contribution in [3.63, 3.8) is 0 Å². The van der Waals surface area contributed by atoms with Crippen molar-refractivity contribution in [1.82, 2.24) is 19.7 Å². The van der Waals surface area contributed by atoms with Crippen LogP contribution in [0.15, 0.2) is 24.4 Å². The highest BCUT2D eigenvalue weighted by Gasteiger charge is 2.51. The summed E-state index contributed by atoms with van der Waals surface area (Å²) in [6.45, 7) is 1.58. The zero-order valence-electron chi connectivity index (χ0n) is 17.1. The van der Waals surface area contributed by atoms with E-state index in [9.17, 15) is 14.4 Å². The van der Waals surface area contributed by atoms with E-state index < -0.39 is 23.3 Å². The topological polar surface area (TPSA) is 138 Å². The molecular formula is C21H17FN6O4. The molecule has 3 aromatic rings. The van der Waals surface area contributed by atoms with Gasteiger partial charge in [0, 0.05) is 18.2 Å². The van der Waals surface area contributed by atoms with Crippen molar-refractivity contribution in [1.29, 1.82) is 5.26 Å². The molecule has 1 saturated heterocycles. The van der Waals surface area contributed by atoms with E-state index in [0.29, 0.717) is 5.56 Å². The predicted octanol–water partition coefficient (Wildman–Crippen LogP) is 1.95. The number of carbonyl (C=O) groups excluding carboxylic acids is 1. The number of nitrogens with two attached hydrogens (primary N) is 1. The van der Waals surface area contributed by atoms with Crippen LogP contribution in [0.2, 0.25) is 0 Å². The molecule has 0 saturated carbocycles. The first kappa shape index (κ1) is 19.9. The fourth-order valence-corrected chi connectivity index (χ4v) is 3.78. The first-order valence-electron chi connectivity index (χ1n) is 9.70. The van der Waals surface area contributed by atoms with E-state index >= 15 is 0 Å². The van der Waals surface area contributed by atoms with E-state index in [1.807, 2.05) is 0 Å². The molecule has 10 nitrogen and oxygen atoms in total. The van der Waals surface area contributed by atoms with Gasteiger partial charge in [-0.15, -0.1) is 5.10 Å². The number of aryl methyl sites for hydroxylation is 1. The second-order valence-electron chi connectivity index (χ2n) is 7.62. The number of nitrogens with zero attached hydrogens (tertiary/aromatic N) is 5. The quantitative estimate of drug-likeness (QED) is 0.560. The number of nitriles is 1. The Balaban J connectivity index is 1.79. The molecule has 1 fully saturated rings. The van der Waals surface area contributed by atoms with Gasteiger partial charge in [-0.1, -0.05) is 0 Å². The third-order valence-corrected chi connectivity index (χ3v) is 5.51. The fourth-order valence-electron chi connectivity index (χ4n) is 3.78. The van der Waals surface area contributed by atoms with Crippen LogP contribution >= 0.6 is 0 Å². The van der Waals surface area contributed by atoms with Crippen molar-refractivity contribution < 1.29 is 23.4 Å². The van der Waals surface area contributed by atoms with Crippen LogP contribution in [0.4, 0.5) is 10.2 Å². The summed E-state index contributed by atoms with van der Waals surface area (Å²) in [5.74, 6) is -0.956. The highest BCUT2D eigenvalue weighted by Crippen LogP contribution is 2.39. The largest absolute Gasteiger partial charge is 0.467 e. The zero-order chi connectivity index (χ0) is 22.6. The highest BCUT2D eigenvalue weighted by molar-refractivity contribution is 6.05. The van der Waals surface area contributed by atoms with Gasteiger partial charge in [-0.25, -0.2) is 14.4 Å². The molecule has 0 radical (unpaired) electrons. The van der Waals surface area contributed by atoms with Crippen molar-refractivity contribution in [3.8, 4) is 29.1 Å². The van der Waals surface area contributed by atoms with E-state index in [0.717, 1.165) is 0 Å². The van der Waals surface area contributed by atoms with E-state index in [1.54, 1.807) is 14.0 Å². The molecule has 1 aromatic carbocycles. The molecule has 2 aliphatic rings. The van der Waals surface area contributed by atoms with E-state index in [2.05, 4.69) is 21.1 Å². The lowest BCUT2D eigenvalue weighted by molar-refractivity contribution is -0.134. The minimum Gasteiger partial charge on any atom is -0.467 e. The second-order valence-corrected chi connectivity index (χ2v) is 7.62. The number of rotatable bonds is 0. The van der Waals surface area contributed by atoms with Crippen molar-refractivity contribution in [2.24, 2.45) is 7.05 Å². The van der Waals surface area contributed by atoms with Crippen LogP contribution in [-0.2, 0) is 11.8 Å². The number of hydrogen-bond donors (Lipinski definition) is 1. The second kappa shape index (κ2) is 7.00. The number of benzene rings is 1. The lowest BCUT2D eigenvalue weighted by atomic mass is 9.87. The first-order chi connectivity index (χ1) is 15.3. The van der Waals surface area contributed by atoms with Crippen LogP contribution in [0.5, 0.6) is 11.8 Å². The van der Waals surface area contributed by atoms with Gasteiger partial charge in [-0.3, -0.25) is 9.48 Å². The lowest BCUT2D eigenvalue weighted by Crippen LogP contribution is -2.60. The number of carbonyl (C=O) groups is 1. The van der Waals surface area contributed by atoms with Crippen molar-refractivity contribution in [2.75, 3.05) is 18.9 Å². The molecule has 11 heteroatoms. The fraction of sp³-hybridized carbons (Fsp3) is 0.286. The molecule has 2 N–H and O–H groups in total. The average molecular weight is 436 g/mol. The summed E-state index contributed by atoms with van der Waals surface area (Å²) in [5.41, 5.74) is 5.69. The summed E-state index contributed by atoms with van der Waals surface area (Å²) in [4.78, 5) is 22.2. The lowest BCUT2D eigenvalue weighted by Gasteiger charge is -2.39. The molecule has 2 bridgehead atoms. The Hall–Kier alpha value is -4.04. The summed E-state index contributed by atoms with van der Waals surface area (Å²) in [6, 6.07) is 5.87. The van der Waals surface area contributed by atoms with Gasteiger partial charge in [-0.05, 0) is 25.1 Å². The summed E-state index contributed by atoms with van der Waals surface area (Å²) in [6.07, 6.45) is 0.570. The van der Waals surface area contributed by atoms with Crippen LogP contribution in [0.25, 0.3) is 11.3 Å². The van der Waals surface area contributed by atoms with Gasteiger partial charge in [0.25, 0.3) is 5.88 Å². The number of nitrogen functional groups attached to an aromatic ring is 1. The molecule has 5 rings (SSSR count). The van der Waals surface area contributed by atoms with E-state index in [1.165, 1.54) is 29.1 Å². The first-order valence-corrected chi connectivity index (χ1v) is 9.70. The van der Waals surface area contributed by atoms with Gasteiger partial charge in [0.1, 0.15) is 29.2 Å². The molecule has 1 unspecified atom stereocenters. The van der Waals surface area contributed by atoms with Crippen LogP contribution < -0.4 is 15.2 Å². The Kier molecular flexibility index (Phi) is 4.35. The molecule has 0 amide bonds. The number of halogens is 1. The molecule has 162 valence electrons. The van der Waals surface area contributed by atoms with Gasteiger partial charge < -0.3 is 19.9 Å². The van der Waals surface area contributed by atoms with Gasteiger partial charge in [0.2, 0.25) is 17.3 Å². The Morgan fingerprint density at radius 3 is 2.81 bits per heavy atom. The molecule has 0 aliphatic carbocycles. The SMILES string of the molecule is CC1Oc2nc(cnc2N)-c2c(nn(C)c2C#N)OC2(COC2)C(=O)c2ccc(F)cc21. The van der Waals surface area contributed by atoms with E-state index in [-0.39, 0.29) is 53.3 Å². The predicted molar refractivity (Wildman–Crippen MR) is 107 cm³/mol. The number of Topliss-reactive ketones (excluding diaryl/α,β-unsaturated/α-hetero) is 1. The van der Waals surface area contributed by atoms with Crippen LogP contribution in [-0.4, -0.2) is 44.3 Å². The third kappa shape index (κ3) is 2.88. The number of ketones is 1. The van der Waals surface area contributed by atoms with E-state index in [4.69, 9.17) is 19.9 Å². The number of aromatic nitrogens is 4. The molecule has 2 aliphatic heterocycles. The molecule has 1 atom stereocenters. The van der Waals surface area contributed by atoms with Gasteiger partial charge >= 0.3 is 0 Å². The smallest absolute Gasteiger partial charge is 0.258 e. The summed E-state index contributed by atoms with van der Waals surface area (Å²) >= 11 is 0. The number of fused-ring (bicyclic) bond motifs is 5. The number of hydrogen-bond acceptors (Lipinski definition) is 9. The maximum absolute atomic E-state index is 14.1. The minimum atomic E-state index is -1.40. The summed E-state index contributed by atoms with van der Waals surface area (Å²) in [7, 11) is 1.57. The van der Waals surface area contributed by atoms with Crippen molar-refractivity contribution >= 4 is 11.6 Å². The van der Waals surface area contributed by atoms with Crippen molar-refractivity contribution in [2.45, 2.75) is 18.6 Å². The Bertz CT molecular complexity index is 1310. The maximum Gasteiger partial charge on any atom is 0.258 e. The minimum absolute atomic E-state index is 0.00401. The van der Waals surface area contributed by atoms with Gasteiger partial charge in [0.05, 0.1) is 19.4 Å². The Labute approximate surface area is 181 Å². The highest BCUT2D eigenvalue weighted by atomic mass is 19.1. The van der Waals surface area contributed by atoms with Crippen LogP contribution in [0.3, 0.4) is 0 Å². The number of anilines is 1. The van der Waals surface area contributed by atoms with Crippen LogP contribution in [0.1, 0.15) is 34.6 Å². The Morgan fingerprint density at radius 1 is 1.34 bits per heavy atom. The molecule has 32 heavy (non-hydrogen) atoms. The summed E-state index contributed by atoms with van der Waals surface area (Å²) in [5, 5.41) is 14.0. The number of ether oxygens (including phenoxy) is 3. The van der Waals surface area contributed by atoms with Gasteiger partial charge in [0.15, 0.2) is 11.5 Å². The maximum atomic E-state index is 14.1. The normalized spacial score (nSPS) is 18.7. The Morgan fingerprint density at radius 2 is 2.12 bits per heavy atom. The van der Waals surface area contributed by atoms with Crippen molar-refractivity contribution in [3.05, 3.63) is 47.0 Å². The summed E-state index contributed by atoms with van der Waals surface area (Å²) < 4.78 is 32.8. The average Bonchev–Trinajstić information content (AvgIpc) is 3.05. The third-order valence-electron chi connectivity index (χ3n) is 5.51. The van der Waals surface area contributed by atoms with Crippen LogP contribution in [0, 0.1) is 17.1 Å². The monoisotopic (exact) mass is 436 g/mol. The molecule has 1 spiro atoms. The standard InChI is InChI=1S/C21H17FN6O4/c1-10-13-5-11(22)3-4-12(13)17(29)21(8-30-9-21)32-19-16(15(6-23)28(2)27-19)14-7-25-18(24)20(26-14)31-10/h3-5,7,10H,8-9H2,1-2H3,(H2,24,25). The molecular weight excluding hydrogens is 419 g/mol. The molecule has 4 heterocycles. The van der Waals surface area contributed by atoms with Gasteiger partial charge in [-0.2, -0.15) is 5.26 Å².